The fourth-order valence-corrected chi connectivity index (χ4v) is 2.54. The van der Waals surface area contributed by atoms with Crippen LogP contribution in [0.4, 0.5) is 0 Å². The molecule has 0 aliphatic heterocycles. The highest BCUT2D eigenvalue weighted by Crippen LogP contribution is 2.35. The van der Waals surface area contributed by atoms with E-state index in [-0.39, 0.29) is 13.2 Å². The molecule has 2 aromatic carbocycles. The second kappa shape index (κ2) is 7.23. The first-order chi connectivity index (χ1) is 10.0. The van der Waals surface area contributed by atoms with Crippen LogP contribution in [-0.2, 0) is 13.2 Å². The summed E-state index contributed by atoms with van der Waals surface area (Å²) in [5.74, 6) is 0.895. The number of ether oxygens (including phenoxy) is 2. The third kappa shape index (κ3) is 3.95. The standard InChI is InChI=1S/C15H13Cl3O3/c1-20-14-6-12(17)4-10(7-19)15(14)21-8-9-2-3-11(16)5-13(9)18/h2-6,19H,7-8H2,1H3. The molecule has 2 aromatic rings. The van der Waals surface area contributed by atoms with E-state index >= 15 is 0 Å². The molecule has 0 aliphatic rings. The molecule has 0 saturated carbocycles. The zero-order valence-corrected chi connectivity index (χ0v) is 13.5. The second-order valence-electron chi connectivity index (χ2n) is 4.28. The van der Waals surface area contributed by atoms with Gasteiger partial charge in [-0.3, -0.25) is 0 Å². The fraction of sp³-hybridized carbons (Fsp3) is 0.200. The molecule has 0 unspecified atom stereocenters. The summed E-state index contributed by atoms with van der Waals surface area (Å²) in [5, 5.41) is 11.0. The van der Waals surface area contributed by atoms with Gasteiger partial charge in [0.15, 0.2) is 11.5 Å². The van der Waals surface area contributed by atoms with Crippen LogP contribution in [-0.4, -0.2) is 12.2 Å². The van der Waals surface area contributed by atoms with Crippen LogP contribution < -0.4 is 9.47 Å². The van der Waals surface area contributed by atoms with Gasteiger partial charge in [-0.2, -0.15) is 0 Å². The predicted octanol–water partition coefficient (Wildman–Crippen LogP) is 4.73. The van der Waals surface area contributed by atoms with E-state index in [4.69, 9.17) is 44.3 Å². The highest BCUT2D eigenvalue weighted by molar-refractivity contribution is 6.35. The third-order valence-electron chi connectivity index (χ3n) is 2.87. The maximum atomic E-state index is 9.41. The minimum Gasteiger partial charge on any atom is -0.493 e. The van der Waals surface area contributed by atoms with Gasteiger partial charge in [-0.15, -0.1) is 0 Å². The molecular formula is C15H13Cl3O3. The summed E-state index contributed by atoms with van der Waals surface area (Å²) >= 11 is 17.9. The van der Waals surface area contributed by atoms with Gasteiger partial charge in [-0.05, 0) is 18.2 Å². The van der Waals surface area contributed by atoms with Crippen molar-refractivity contribution in [2.75, 3.05) is 7.11 Å². The van der Waals surface area contributed by atoms with Crippen LogP contribution >= 0.6 is 34.8 Å². The molecule has 2 rings (SSSR count). The van der Waals surface area contributed by atoms with Crippen LogP contribution in [0.1, 0.15) is 11.1 Å². The summed E-state index contributed by atoms with van der Waals surface area (Å²) < 4.78 is 11.0. The van der Waals surface area contributed by atoms with E-state index < -0.39 is 0 Å². The van der Waals surface area contributed by atoms with E-state index in [0.29, 0.717) is 32.1 Å². The van der Waals surface area contributed by atoms with Crippen molar-refractivity contribution in [3.63, 3.8) is 0 Å². The van der Waals surface area contributed by atoms with Crippen LogP contribution in [0.2, 0.25) is 15.1 Å². The minimum atomic E-state index is -0.208. The van der Waals surface area contributed by atoms with Gasteiger partial charge in [0.25, 0.3) is 0 Å². The summed E-state index contributed by atoms with van der Waals surface area (Å²) in [6.45, 7) is 0.0155. The van der Waals surface area contributed by atoms with Gasteiger partial charge in [0, 0.05) is 32.3 Å². The maximum absolute atomic E-state index is 9.41. The summed E-state index contributed by atoms with van der Waals surface area (Å²) in [6, 6.07) is 8.42. The number of hydrogen-bond acceptors (Lipinski definition) is 3. The van der Waals surface area contributed by atoms with Crippen molar-refractivity contribution in [3.8, 4) is 11.5 Å². The van der Waals surface area contributed by atoms with Crippen LogP contribution in [0, 0.1) is 0 Å². The van der Waals surface area contributed by atoms with E-state index in [1.165, 1.54) is 7.11 Å². The van der Waals surface area contributed by atoms with E-state index in [1.807, 2.05) is 0 Å². The van der Waals surface area contributed by atoms with Crippen molar-refractivity contribution in [2.24, 2.45) is 0 Å². The highest BCUT2D eigenvalue weighted by Gasteiger charge is 2.13. The average molecular weight is 348 g/mol. The van der Waals surface area contributed by atoms with Crippen molar-refractivity contribution in [1.82, 2.24) is 0 Å². The monoisotopic (exact) mass is 346 g/mol. The first-order valence-corrected chi connectivity index (χ1v) is 7.22. The molecule has 0 radical (unpaired) electrons. The lowest BCUT2D eigenvalue weighted by atomic mass is 10.2. The lowest BCUT2D eigenvalue weighted by molar-refractivity contribution is 0.250. The third-order valence-corrected chi connectivity index (χ3v) is 3.68. The van der Waals surface area contributed by atoms with Gasteiger partial charge in [0.1, 0.15) is 6.61 Å². The van der Waals surface area contributed by atoms with E-state index in [0.717, 1.165) is 5.56 Å². The molecule has 112 valence electrons. The molecule has 0 aliphatic carbocycles. The first-order valence-electron chi connectivity index (χ1n) is 6.09. The molecule has 0 aromatic heterocycles. The van der Waals surface area contributed by atoms with Gasteiger partial charge in [-0.25, -0.2) is 0 Å². The van der Waals surface area contributed by atoms with E-state index in [2.05, 4.69) is 0 Å². The van der Waals surface area contributed by atoms with Gasteiger partial charge in [-0.1, -0.05) is 40.9 Å². The molecule has 21 heavy (non-hydrogen) atoms. The predicted molar refractivity (Wildman–Crippen MR) is 84.7 cm³/mol. The second-order valence-corrected chi connectivity index (χ2v) is 5.56. The van der Waals surface area contributed by atoms with E-state index in [1.54, 1.807) is 30.3 Å². The molecule has 6 heteroatoms. The summed E-state index contributed by atoms with van der Waals surface area (Å²) in [7, 11) is 1.51. The molecule has 0 atom stereocenters. The van der Waals surface area contributed by atoms with Crippen molar-refractivity contribution < 1.29 is 14.6 Å². The quantitative estimate of drug-likeness (QED) is 0.850. The van der Waals surface area contributed by atoms with Gasteiger partial charge < -0.3 is 14.6 Å². The van der Waals surface area contributed by atoms with Gasteiger partial charge >= 0.3 is 0 Å². The Bertz CT molecular complexity index is 619. The van der Waals surface area contributed by atoms with E-state index in [9.17, 15) is 5.11 Å². The Kier molecular flexibility index (Phi) is 5.59. The molecule has 0 bridgehead atoms. The van der Waals surface area contributed by atoms with Crippen LogP contribution in [0.5, 0.6) is 11.5 Å². The SMILES string of the molecule is COc1cc(Cl)cc(CO)c1OCc1ccc(Cl)cc1Cl. The summed E-state index contributed by atoms with van der Waals surface area (Å²) in [4.78, 5) is 0. The molecule has 0 fully saturated rings. The largest absolute Gasteiger partial charge is 0.493 e. The zero-order chi connectivity index (χ0) is 15.4. The topological polar surface area (TPSA) is 38.7 Å². The number of aliphatic hydroxyl groups excluding tert-OH is 1. The number of hydrogen-bond donors (Lipinski definition) is 1. The van der Waals surface area contributed by atoms with Crippen LogP contribution in [0.15, 0.2) is 30.3 Å². The average Bonchev–Trinajstić information content (AvgIpc) is 2.46. The van der Waals surface area contributed by atoms with Gasteiger partial charge in [0.2, 0.25) is 0 Å². The molecule has 3 nitrogen and oxygen atoms in total. The smallest absolute Gasteiger partial charge is 0.167 e. The van der Waals surface area contributed by atoms with Crippen LogP contribution in [0.25, 0.3) is 0 Å². The molecular weight excluding hydrogens is 335 g/mol. The number of halogens is 3. The number of benzene rings is 2. The Morgan fingerprint density at radius 2 is 1.76 bits per heavy atom. The number of rotatable bonds is 5. The Morgan fingerprint density at radius 3 is 2.38 bits per heavy atom. The van der Waals surface area contributed by atoms with Gasteiger partial charge in [0.05, 0.1) is 13.7 Å². The lowest BCUT2D eigenvalue weighted by Gasteiger charge is -2.15. The molecule has 1 N–H and O–H groups in total. The van der Waals surface area contributed by atoms with Crippen molar-refractivity contribution in [2.45, 2.75) is 13.2 Å². The minimum absolute atomic E-state index is 0.208. The molecule has 0 spiro atoms. The zero-order valence-electron chi connectivity index (χ0n) is 11.2. The molecule has 0 heterocycles. The lowest BCUT2D eigenvalue weighted by Crippen LogP contribution is -2.02. The molecule has 0 saturated heterocycles. The highest BCUT2D eigenvalue weighted by atomic mass is 35.5. The Morgan fingerprint density at radius 1 is 1.00 bits per heavy atom. The Balaban J connectivity index is 2.26. The van der Waals surface area contributed by atoms with Crippen molar-refractivity contribution >= 4 is 34.8 Å². The van der Waals surface area contributed by atoms with Crippen molar-refractivity contribution in [3.05, 3.63) is 56.5 Å². The number of methoxy groups -OCH3 is 1. The maximum Gasteiger partial charge on any atom is 0.167 e. The summed E-state index contributed by atoms with van der Waals surface area (Å²) in [5.41, 5.74) is 1.33. The molecule has 0 amide bonds. The normalized spacial score (nSPS) is 10.5. The summed E-state index contributed by atoms with van der Waals surface area (Å²) in [6.07, 6.45) is 0. The Hall–Kier alpha value is -1.13. The van der Waals surface area contributed by atoms with Crippen LogP contribution in [0.3, 0.4) is 0 Å². The first kappa shape index (κ1) is 16.2. The Labute approximate surface area is 138 Å². The number of aliphatic hydroxyl groups is 1. The fourth-order valence-electron chi connectivity index (χ4n) is 1.84. The van der Waals surface area contributed by atoms with Crippen molar-refractivity contribution in [1.29, 1.82) is 0 Å².